The number of carbonyl (C=O) groups excluding carboxylic acids is 1. The zero-order valence-electron chi connectivity index (χ0n) is 11.2. The molecular weight excluding hydrogens is 247 g/mol. The van der Waals surface area contributed by atoms with Crippen LogP contribution in [0.1, 0.15) is 24.2 Å². The summed E-state index contributed by atoms with van der Waals surface area (Å²) in [5, 5.41) is 0. The maximum atomic E-state index is 13.3. The fourth-order valence-corrected chi connectivity index (χ4v) is 2.21. The van der Waals surface area contributed by atoms with Gasteiger partial charge in [-0.1, -0.05) is 12.1 Å². The van der Waals surface area contributed by atoms with E-state index in [1.807, 2.05) is 0 Å². The second kappa shape index (κ2) is 5.67. The number of benzene rings is 1. The van der Waals surface area contributed by atoms with Gasteiger partial charge in [0.2, 0.25) is 5.91 Å². The van der Waals surface area contributed by atoms with Crippen LogP contribution in [-0.2, 0) is 9.53 Å². The molecule has 104 valence electrons. The Kier molecular flexibility index (Phi) is 4.17. The third-order valence-electron chi connectivity index (χ3n) is 3.32. The number of hydrogen-bond donors (Lipinski definition) is 1. The zero-order chi connectivity index (χ0) is 14.0. The number of rotatable bonds is 2. The van der Waals surface area contributed by atoms with Gasteiger partial charge in [-0.2, -0.15) is 0 Å². The van der Waals surface area contributed by atoms with Crippen molar-refractivity contribution in [1.82, 2.24) is 4.90 Å². The van der Waals surface area contributed by atoms with Gasteiger partial charge < -0.3 is 15.4 Å². The first-order valence-electron chi connectivity index (χ1n) is 6.41. The smallest absolute Gasteiger partial charge is 0.239 e. The number of amides is 1. The summed E-state index contributed by atoms with van der Waals surface area (Å²) in [6.45, 7) is 4.88. The highest BCUT2D eigenvalue weighted by Gasteiger charge is 2.27. The van der Waals surface area contributed by atoms with Crippen molar-refractivity contribution in [3.63, 3.8) is 0 Å². The highest BCUT2D eigenvalue weighted by atomic mass is 19.1. The molecule has 4 nitrogen and oxygen atoms in total. The molecule has 1 aliphatic rings. The highest BCUT2D eigenvalue weighted by molar-refractivity contribution is 5.81. The van der Waals surface area contributed by atoms with Crippen molar-refractivity contribution in [3.8, 4) is 0 Å². The van der Waals surface area contributed by atoms with E-state index in [0.717, 1.165) is 5.56 Å². The molecule has 0 spiro atoms. The van der Waals surface area contributed by atoms with Crippen molar-refractivity contribution >= 4 is 5.91 Å². The highest BCUT2D eigenvalue weighted by Crippen LogP contribution is 2.24. The van der Waals surface area contributed by atoms with E-state index in [0.29, 0.717) is 25.3 Å². The SMILES string of the molecule is Cc1cc([C@@H]2CN(C(=O)[C@@H](C)N)CCO2)ccc1F. The predicted octanol–water partition coefficient (Wildman–Crippen LogP) is 1.38. The van der Waals surface area contributed by atoms with E-state index < -0.39 is 6.04 Å². The molecule has 1 amide bonds. The van der Waals surface area contributed by atoms with Crippen LogP contribution in [0.2, 0.25) is 0 Å². The summed E-state index contributed by atoms with van der Waals surface area (Å²) in [6.07, 6.45) is -0.212. The molecule has 2 N–H and O–H groups in total. The quantitative estimate of drug-likeness (QED) is 0.880. The Hall–Kier alpha value is -1.46. The molecule has 1 aliphatic heterocycles. The molecule has 0 unspecified atom stereocenters. The van der Waals surface area contributed by atoms with Crippen LogP contribution in [0.4, 0.5) is 4.39 Å². The molecule has 1 aromatic carbocycles. The average Bonchev–Trinajstić information content (AvgIpc) is 2.41. The van der Waals surface area contributed by atoms with Crippen molar-refractivity contribution in [2.45, 2.75) is 26.0 Å². The lowest BCUT2D eigenvalue weighted by Crippen LogP contribution is -2.48. The minimum atomic E-state index is -0.506. The number of morpholine rings is 1. The molecule has 0 aliphatic carbocycles. The van der Waals surface area contributed by atoms with Crippen LogP contribution < -0.4 is 5.73 Å². The second-order valence-corrected chi connectivity index (χ2v) is 4.94. The van der Waals surface area contributed by atoms with Crippen LogP contribution in [0.25, 0.3) is 0 Å². The number of nitrogens with zero attached hydrogens (tertiary/aromatic N) is 1. The van der Waals surface area contributed by atoms with E-state index in [-0.39, 0.29) is 17.8 Å². The number of nitrogens with two attached hydrogens (primary N) is 1. The molecule has 1 fully saturated rings. The predicted molar refractivity (Wildman–Crippen MR) is 70.1 cm³/mol. The Morgan fingerprint density at radius 2 is 2.32 bits per heavy atom. The fraction of sp³-hybridized carbons (Fsp3) is 0.500. The van der Waals surface area contributed by atoms with Crippen LogP contribution >= 0.6 is 0 Å². The van der Waals surface area contributed by atoms with Gasteiger partial charge >= 0.3 is 0 Å². The van der Waals surface area contributed by atoms with Crippen LogP contribution in [0, 0.1) is 12.7 Å². The molecule has 1 aromatic rings. The van der Waals surface area contributed by atoms with Crippen molar-refractivity contribution in [3.05, 3.63) is 35.1 Å². The van der Waals surface area contributed by atoms with Crippen molar-refractivity contribution in [2.75, 3.05) is 19.7 Å². The molecule has 0 saturated carbocycles. The molecule has 1 heterocycles. The minimum Gasteiger partial charge on any atom is -0.370 e. The molecule has 0 bridgehead atoms. The Morgan fingerprint density at radius 3 is 2.95 bits per heavy atom. The topological polar surface area (TPSA) is 55.6 Å². The van der Waals surface area contributed by atoms with E-state index in [2.05, 4.69) is 0 Å². The summed E-state index contributed by atoms with van der Waals surface area (Å²) in [7, 11) is 0. The van der Waals surface area contributed by atoms with Gasteiger partial charge in [-0.15, -0.1) is 0 Å². The van der Waals surface area contributed by atoms with E-state index in [4.69, 9.17) is 10.5 Å². The number of aryl methyl sites for hydroxylation is 1. The Balaban J connectivity index is 2.12. The van der Waals surface area contributed by atoms with Crippen LogP contribution in [0.3, 0.4) is 0 Å². The zero-order valence-corrected chi connectivity index (χ0v) is 11.2. The van der Waals surface area contributed by atoms with Crippen molar-refractivity contribution < 1.29 is 13.9 Å². The van der Waals surface area contributed by atoms with Gasteiger partial charge in [0.05, 0.1) is 19.2 Å². The molecule has 1 saturated heterocycles. The second-order valence-electron chi connectivity index (χ2n) is 4.94. The monoisotopic (exact) mass is 266 g/mol. The molecule has 19 heavy (non-hydrogen) atoms. The maximum Gasteiger partial charge on any atom is 0.239 e. The van der Waals surface area contributed by atoms with Gasteiger partial charge in [-0.3, -0.25) is 4.79 Å². The molecule has 0 radical (unpaired) electrons. The standard InChI is InChI=1S/C14H19FN2O2/c1-9-7-11(3-4-12(9)15)13-8-17(5-6-19-13)14(18)10(2)16/h3-4,7,10,13H,5-6,8,16H2,1-2H3/t10-,13+/m1/s1. The summed E-state index contributed by atoms with van der Waals surface area (Å²) in [4.78, 5) is 13.6. The summed E-state index contributed by atoms with van der Waals surface area (Å²) >= 11 is 0. The number of halogens is 1. The lowest BCUT2D eigenvalue weighted by molar-refractivity contribution is -0.140. The van der Waals surface area contributed by atoms with Crippen LogP contribution in [-0.4, -0.2) is 36.5 Å². The Labute approximate surface area is 112 Å². The summed E-state index contributed by atoms with van der Waals surface area (Å²) in [5.74, 6) is -0.310. The third kappa shape index (κ3) is 3.11. The lowest BCUT2D eigenvalue weighted by Gasteiger charge is -2.34. The van der Waals surface area contributed by atoms with Crippen molar-refractivity contribution in [2.24, 2.45) is 5.73 Å². The molecule has 0 aromatic heterocycles. The van der Waals surface area contributed by atoms with Crippen LogP contribution in [0.5, 0.6) is 0 Å². The average molecular weight is 266 g/mol. The first kappa shape index (κ1) is 14.0. The van der Waals surface area contributed by atoms with Gasteiger partial charge in [0, 0.05) is 6.54 Å². The molecule has 2 rings (SSSR count). The number of hydrogen-bond acceptors (Lipinski definition) is 3. The lowest BCUT2D eigenvalue weighted by atomic mass is 10.0. The normalized spacial score (nSPS) is 21.3. The van der Waals surface area contributed by atoms with Crippen molar-refractivity contribution in [1.29, 1.82) is 0 Å². The first-order chi connectivity index (χ1) is 8.99. The van der Waals surface area contributed by atoms with Gasteiger partial charge in [0.15, 0.2) is 0 Å². The van der Waals surface area contributed by atoms with Gasteiger partial charge in [0.1, 0.15) is 11.9 Å². The Morgan fingerprint density at radius 1 is 1.58 bits per heavy atom. The van der Waals surface area contributed by atoms with Crippen LogP contribution in [0.15, 0.2) is 18.2 Å². The number of carbonyl (C=O) groups is 1. The summed E-state index contributed by atoms with van der Waals surface area (Å²) in [5.41, 5.74) is 7.08. The fourth-order valence-electron chi connectivity index (χ4n) is 2.21. The summed E-state index contributed by atoms with van der Waals surface area (Å²) < 4.78 is 18.9. The van der Waals surface area contributed by atoms with Gasteiger partial charge in [-0.05, 0) is 31.0 Å². The van der Waals surface area contributed by atoms with Gasteiger partial charge in [0.25, 0.3) is 0 Å². The molecular formula is C14H19FN2O2. The van der Waals surface area contributed by atoms with Gasteiger partial charge in [-0.25, -0.2) is 4.39 Å². The number of ether oxygens (including phenoxy) is 1. The molecule has 2 atom stereocenters. The van der Waals surface area contributed by atoms with E-state index in [1.54, 1.807) is 30.9 Å². The first-order valence-corrected chi connectivity index (χ1v) is 6.41. The maximum absolute atomic E-state index is 13.3. The van der Waals surface area contributed by atoms with E-state index >= 15 is 0 Å². The van der Waals surface area contributed by atoms with E-state index in [9.17, 15) is 9.18 Å². The largest absolute Gasteiger partial charge is 0.370 e. The van der Waals surface area contributed by atoms with E-state index in [1.165, 1.54) is 6.07 Å². The Bertz CT molecular complexity index is 477. The molecule has 5 heteroatoms. The minimum absolute atomic E-state index is 0.0767. The summed E-state index contributed by atoms with van der Waals surface area (Å²) in [6, 6.07) is 4.39. The third-order valence-corrected chi connectivity index (χ3v) is 3.32.